The highest BCUT2D eigenvalue weighted by atomic mass is 32.1. The van der Waals surface area contributed by atoms with Gasteiger partial charge in [0.05, 0.1) is 25.1 Å². The van der Waals surface area contributed by atoms with Crippen LogP contribution in [0.5, 0.6) is 0 Å². The largest absolute Gasteiger partial charge is 0.379 e. The van der Waals surface area contributed by atoms with Gasteiger partial charge >= 0.3 is 0 Å². The maximum absolute atomic E-state index is 5.42. The van der Waals surface area contributed by atoms with Gasteiger partial charge in [0, 0.05) is 25.0 Å². The van der Waals surface area contributed by atoms with Crippen molar-refractivity contribution in [2.45, 2.75) is 32.7 Å². The Morgan fingerprint density at radius 1 is 1.30 bits per heavy atom. The molecule has 0 unspecified atom stereocenters. The van der Waals surface area contributed by atoms with Gasteiger partial charge < -0.3 is 10.1 Å². The van der Waals surface area contributed by atoms with Crippen molar-refractivity contribution < 1.29 is 4.74 Å². The highest BCUT2D eigenvalue weighted by molar-refractivity contribution is 7.19. The van der Waals surface area contributed by atoms with Crippen molar-refractivity contribution in [3.63, 3.8) is 0 Å². The lowest BCUT2D eigenvalue weighted by molar-refractivity contribution is 0.0331. The summed E-state index contributed by atoms with van der Waals surface area (Å²) in [5.41, 5.74) is 1.49. The zero-order valence-electron chi connectivity index (χ0n) is 13.9. The monoisotopic (exact) mass is 332 g/mol. The zero-order chi connectivity index (χ0) is 15.8. The fourth-order valence-corrected chi connectivity index (χ4v) is 5.00. The molecule has 0 bridgehead atoms. The van der Waals surface area contributed by atoms with Crippen LogP contribution in [0.25, 0.3) is 10.2 Å². The number of rotatable bonds is 3. The molecule has 4 rings (SSSR count). The first-order valence-electron chi connectivity index (χ1n) is 8.53. The van der Waals surface area contributed by atoms with Gasteiger partial charge in [0.1, 0.15) is 16.5 Å². The van der Waals surface area contributed by atoms with Crippen molar-refractivity contribution in [2.24, 2.45) is 5.92 Å². The number of nitrogens with one attached hydrogen (secondary N) is 1. The average Bonchev–Trinajstić information content (AvgIpc) is 2.92. The number of hydrogen-bond acceptors (Lipinski definition) is 6. The van der Waals surface area contributed by atoms with Gasteiger partial charge in [0.2, 0.25) is 0 Å². The Hall–Kier alpha value is -1.24. The molecule has 0 saturated carbocycles. The maximum Gasteiger partial charge on any atom is 0.146 e. The Balaban J connectivity index is 1.70. The lowest BCUT2D eigenvalue weighted by Gasteiger charge is -2.25. The molecule has 1 saturated heterocycles. The Kier molecular flexibility index (Phi) is 4.22. The van der Waals surface area contributed by atoms with Crippen molar-refractivity contribution in [3.05, 3.63) is 16.3 Å². The van der Waals surface area contributed by atoms with E-state index in [4.69, 9.17) is 14.7 Å². The lowest BCUT2D eigenvalue weighted by atomic mass is 9.89. The normalized spacial score (nSPS) is 22.3. The average molecular weight is 332 g/mol. The molecule has 1 N–H and O–H groups in total. The molecule has 1 fully saturated rings. The van der Waals surface area contributed by atoms with Gasteiger partial charge in [-0.2, -0.15) is 0 Å². The summed E-state index contributed by atoms with van der Waals surface area (Å²) in [6, 6.07) is 0. The number of thiophene rings is 1. The molecule has 2 aliphatic rings. The number of ether oxygens (including phenoxy) is 1. The highest BCUT2D eigenvalue weighted by Crippen LogP contribution is 2.39. The molecule has 0 aromatic carbocycles. The van der Waals surface area contributed by atoms with Crippen molar-refractivity contribution >= 4 is 27.4 Å². The van der Waals surface area contributed by atoms with E-state index in [9.17, 15) is 0 Å². The zero-order valence-corrected chi connectivity index (χ0v) is 14.7. The van der Waals surface area contributed by atoms with Crippen molar-refractivity contribution in [1.29, 1.82) is 0 Å². The summed E-state index contributed by atoms with van der Waals surface area (Å²) in [4.78, 5) is 14.8. The summed E-state index contributed by atoms with van der Waals surface area (Å²) in [6.07, 6.45) is 3.63. The minimum atomic E-state index is 0.786. The quantitative estimate of drug-likeness (QED) is 0.936. The third-order valence-electron chi connectivity index (χ3n) is 4.91. The first kappa shape index (κ1) is 15.3. The molecule has 0 radical (unpaired) electrons. The number of aryl methyl sites for hydroxylation is 1. The molecule has 1 atom stereocenters. The van der Waals surface area contributed by atoms with Crippen LogP contribution < -0.4 is 5.32 Å². The molecule has 6 heteroatoms. The van der Waals surface area contributed by atoms with Crippen LogP contribution in [0.1, 0.15) is 29.6 Å². The number of hydrogen-bond donors (Lipinski definition) is 1. The van der Waals surface area contributed by atoms with Crippen molar-refractivity contribution in [2.75, 3.05) is 38.7 Å². The van der Waals surface area contributed by atoms with E-state index in [-0.39, 0.29) is 0 Å². The van der Waals surface area contributed by atoms with E-state index in [1.54, 1.807) is 0 Å². The molecule has 3 heterocycles. The van der Waals surface area contributed by atoms with E-state index in [0.717, 1.165) is 61.7 Å². The Labute approximate surface area is 141 Å². The summed E-state index contributed by atoms with van der Waals surface area (Å²) >= 11 is 1.87. The van der Waals surface area contributed by atoms with Gasteiger partial charge in [-0.05, 0) is 30.7 Å². The third-order valence-corrected chi connectivity index (χ3v) is 6.06. The lowest BCUT2D eigenvalue weighted by Crippen LogP contribution is -2.36. The predicted octanol–water partition coefficient (Wildman–Crippen LogP) is 2.69. The molecule has 1 aliphatic heterocycles. The molecular formula is C17H24N4OS. The fourth-order valence-electron chi connectivity index (χ4n) is 3.60. The first-order chi connectivity index (χ1) is 11.2. The second kappa shape index (κ2) is 6.34. The molecule has 23 heavy (non-hydrogen) atoms. The van der Waals surface area contributed by atoms with Crippen molar-refractivity contribution in [3.8, 4) is 0 Å². The second-order valence-corrected chi connectivity index (χ2v) is 7.74. The van der Waals surface area contributed by atoms with Gasteiger partial charge in [-0.3, -0.25) is 4.90 Å². The molecule has 2 aromatic heterocycles. The molecule has 0 spiro atoms. The van der Waals surface area contributed by atoms with E-state index in [2.05, 4.69) is 17.1 Å². The second-order valence-electron chi connectivity index (χ2n) is 6.66. The Bertz CT molecular complexity index is 708. The maximum atomic E-state index is 5.42. The van der Waals surface area contributed by atoms with Crippen LogP contribution in [-0.4, -0.2) is 48.2 Å². The predicted molar refractivity (Wildman–Crippen MR) is 94.2 cm³/mol. The fraction of sp³-hybridized carbons (Fsp3) is 0.647. The summed E-state index contributed by atoms with van der Waals surface area (Å²) in [7, 11) is 1.97. The highest BCUT2D eigenvalue weighted by Gasteiger charge is 2.24. The van der Waals surface area contributed by atoms with Gasteiger partial charge in [-0.25, -0.2) is 9.97 Å². The Morgan fingerprint density at radius 2 is 2.13 bits per heavy atom. The van der Waals surface area contributed by atoms with E-state index < -0.39 is 0 Å². The van der Waals surface area contributed by atoms with Crippen LogP contribution in [0.4, 0.5) is 5.82 Å². The number of morpholine rings is 1. The summed E-state index contributed by atoms with van der Waals surface area (Å²) in [5.74, 6) is 2.72. The molecular weight excluding hydrogens is 308 g/mol. The van der Waals surface area contributed by atoms with Gasteiger partial charge in [-0.15, -0.1) is 11.3 Å². The number of aromatic nitrogens is 2. The molecule has 0 amide bonds. The standard InChI is InChI=1S/C17H24N4OS/c1-11-3-4-12-13(9-11)23-17-15(12)16(18-2)19-14(20-17)10-21-5-7-22-8-6-21/h11H,3-10H2,1-2H3,(H,18,19,20)/t11-/m1/s1. The van der Waals surface area contributed by atoms with E-state index in [1.807, 2.05) is 18.4 Å². The third kappa shape index (κ3) is 2.95. The van der Waals surface area contributed by atoms with Gasteiger partial charge in [0.15, 0.2) is 0 Å². The molecule has 124 valence electrons. The van der Waals surface area contributed by atoms with Crippen LogP contribution >= 0.6 is 11.3 Å². The van der Waals surface area contributed by atoms with E-state index in [0.29, 0.717) is 0 Å². The minimum Gasteiger partial charge on any atom is -0.379 e. The summed E-state index contributed by atoms with van der Waals surface area (Å²) < 4.78 is 5.42. The SMILES string of the molecule is CNc1nc(CN2CCOCC2)nc2sc3c(c12)CC[C@@H](C)C3. The van der Waals surface area contributed by atoms with Gasteiger partial charge in [-0.1, -0.05) is 6.92 Å². The molecule has 5 nitrogen and oxygen atoms in total. The summed E-state index contributed by atoms with van der Waals surface area (Å²) in [5, 5.41) is 4.58. The van der Waals surface area contributed by atoms with Crippen LogP contribution in [0.2, 0.25) is 0 Å². The van der Waals surface area contributed by atoms with Crippen molar-refractivity contribution in [1.82, 2.24) is 14.9 Å². The summed E-state index contributed by atoms with van der Waals surface area (Å²) in [6.45, 7) is 6.72. The molecule has 2 aromatic rings. The number of nitrogens with zero attached hydrogens (tertiary/aromatic N) is 3. The van der Waals surface area contributed by atoms with Gasteiger partial charge in [0.25, 0.3) is 0 Å². The van der Waals surface area contributed by atoms with Crippen LogP contribution in [-0.2, 0) is 24.1 Å². The first-order valence-corrected chi connectivity index (χ1v) is 9.35. The van der Waals surface area contributed by atoms with Crippen LogP contribution in [0.15, 0.2) is 0 Å². The van der Waals surface area contributed by atoms with E-state index in [1.165, 1.54) is 28.7 Å². The molecule has 1 aliphatic carbocycles. The smallest absolute Gasteiger partial charge is 0.146 e. The number of fused-ring (bicyclic) bond motifs is 3. The minimum absolute atomic E-state index is 0.786. The topological polar surface area (TPSA) is 50.3 Å². The number of anilines is 1. The Morgan fingerprint density at radius 3 is 2.91 bits per heavy atom. The van der Waals surface area contributed by atoms with E-state index >= 15 is 0 Å². The van der Waals surface area contributed by atoms with Crippen LogP contribution in [0.3, 0.4) is 0 Å². The van der Waals surface area contributed by atoms with Crippen LogP contribution in [0, 0.1) is 5.92 Å².